The minimum atomic E-state index is -0.666. The molecule has 0 saturated carbocycles. The fourth-order valence-corrected chi connectivity index (χ4v) is 4.83. The van der Waals surface area contributed by atoms with Crippen molar-refractivity contribution < 1.29 is 9.18 Å². The summed E-state index contributed by atoms with van der Waals surface area (Å²) in [6.45, 7) is 4.63. The number of carbonyl (C=O) groups is 1. The molecule has 7 nitrogen and oxygen atoms in total. The minimum Gasteiger partial charge on any atom is -0.356 e. The standard InChI is InChI=1S/C24H25FN6O/c1-16-15-31-22(27-23(16)29-9-4-5-10-29)13-20(28-31)21-6-2-3-11-30(21)24(32)18-8-7-17(14-26)12-19(18)25/h7-8,12-13,15,21H,2-6,9-11H2,1H3. The first kappa shape index (κ1) is 20.4. The molecular formula is C24H25FN6O. The third-order valence-electron chi connectivity index (χ3n) is 6.46. The lowest BCUT2D eigenvalue weighted by Crippen LogP contribution is -2.39. The van der Waals surface area contributed by atoms with E-state index in [0.29, 0.717) is 6.54 Å². The molecule has 5 rings (SSSR count). The van der Waals surface area contributed by atoms with E-state index in [1.807, 2.05) is 25.3 Å². The summed E-state index contributed by atoms with van der Waals surface area (Å²) in [6, 6.07) is 7.62. The number of hydrogen-bond acceptors (Lipinski definition) is 5. The van der Waals surface area contributed by atoms with E-state index < -0.39 is 5.82 Å². The first-order chi connectivity index (χ1) is 15.5. The minimum absolute atomic E-state index is 0.00930. The van der Waals surface area contributed by atoms with Gasteiger partial charge in [-0.25, -0.2) is 13.9 Å². The summed E-state index contributed by atoms with van der Waals surface area (Å²) in [7, 11) is 0. The molecule has 8 heteroatoms. The van der Waals surface area contributed by atoms with Crippen LogP contribution in [0.5, 0.6) is 0 Å². The number of halogens is 1. The summed E-state index contributed by atoms with van der Waals surface area (Å²) in [5, 5.41) is 13.7. The van der Waals surface area contributed by atoms with Crippen LogP contribution in [0.15, 0.2) is 30.5 Å². The topological polar surface area (TPSA) is 77.5 Å². The Labute approximate surface area is 186 Å². The normalized spacial score (nSPS) is 18.8. The van der Waals surface area contributed by atoms with Crippen molar-refractivity contribution in [2.24, 2.45) is 0 Å². The van der Waals surface area contributed by atoms with Crippen LogP contribution in [0.25, 0.3) is 5.65 Å². The average Bonchev–Trinajstić information content (AvgIpc) is 3.47. The molecule has 1 aromatic carbocycles. The highest BCUT2D eigenvalue weighted by Crippen LogP contribution is 2.33. The molecule has 0 N–H and O–H groups in total. The Bertz CT molecular complexity index is 1220. The molecule has 2 aliphatic heterocycles. The second kappa shape index (κ2) is 8.23. The van der Waals surface area contributed by atoms with Gasteiger partial charge in [-0.3, -0.25) is 4.79 Å². The second-order valence-electron chi connectivity index (χ2n) is 8.63. The van der Waals surface area contributed by atoms with Crippen LogP contribution in [0.3, 0.4) is 0 Å². The molecule has 1 amide bonds. The van der Waals surface area contributed by atoms with Gasteiger partial charge in [0.1, 0.15) is 11.6 Å². The molecule has 3 aromatic rings. The molecule has 32 heavy (non-hydrogen) atoms. The largest absolute Gasteiger partial charge is 0.356 e. The molecule has 0 bridgehead atoms. The van der Waals surface area contributed by atoms with Crippen molar-refractivity contribution in [1.82, 2.24) is 19.5 Å². The Balaban J connectivity index is 1.48. The van der Waals surface area contributed by atoms with E-state index in [1.54, 1.807) is 9.42 Å². The number of hydrogen-bond donors (Lipinski definition) is 0. The lowest BCUT2D eigenvalue weighted by molar-refractivity contribution is 0.0601. The van der Waals surface area contributed by atoms with Crippen LogP contribution in [0.2, 0.25) is 0 Å². The van der Waals surface area contributed by atoms with E-state index in [9.17, 15) is 9.18 Å². The number of likely N-dealkylation sites (tertiary alicyclic amines) is 1. The molecule has 2 aromatic heterocycles. The van der Waals surface area contributed by atoms with Gasteiger partial charge in [0, 0.05) is 37.5 Å². The molecule has 164 valence electrons. The van der Waals surface area contributed by atoms with E-state index in [0.717, 1.165) is 61.1 Å². The van der Waals surface area contributed by atoms with Crippen molar-refractivity contribution in [3.63, 3.8) is 0 Å². The van der Waals surface area contributed by atoms with Crippen LogP contribution in [-0.2, 0) is 0 Å². The van der Waals surface area contributed by atoms with Crippen LogP contribution in [-0.4, -0.2) is 45.0 Å². The summed E-state index contributed by atoms with van der Waals surface area (Å²) < 4.78 is 16.3. The van der Waals surface area contributed by atoms with Crippen molar-refractivity contribution in [1.29, 1.82) is 5.26 Å². The van der Waals surface area contributed by atoms with Gasteiger partial charge in [-0.1, -0.05) is 0 Å². The number of anilines is 1. The van der Waals surface area contributed by atoms with Gasteiger partial charge in [0.05, 0.1) is 28.9 Å². The Kier molecular flexibility index (Phi) is 5.25. The Hall–Kier alpha value is -3.47. The van der Waals surface area contributed by atoms with Crippen LogP contribution < -0.4 is 4.90 Å². The Morgan fingerprint density at radius 2 is 1.94 bits per heavy atom. The fourth-order valence-electron chi connectivity index (χ4n) is 4.83. The van der Waals surface area contributed by atoms with Crippen molar-refractivity contribution in [3.05, 3.63) is 58.7 Å². The molecule has 0 radical (unpaired) electrons. The molecule has 2 fully saturated rings. The first-order valence-electron chi connectivity index (χ1n) is 11.2. The quantitative estimate of drug-likeness (QED) is 0.625. The Morgan fingerprint density at radius 1 is 1.16 bits per heavy atom. The second-order valence-corrected chi connectivity index (χ2v) is 8.63. The molecule has 0 spiro atoms. The summed E-state index contributed by atoms with van der Waals surface area (Å²) in [5.41, 5.74) is 2.80. The zero-order valence-corrected chi connectivity index (χ0v) is 18.1. The number of fused-ring (bicyclic) bond motifs is 1. The fraction of sp³-hybridized carbons (Fsp3) is 0.417. The van der Waals surface area contributed by atoms with Crippen LogP contribution in [0.1, 0.15) is 65.3 Å². The zero-order chi connectivity index (χ0) is 22.2. The number of nitriles is 1. The third-order valence-corrected chi connectivity index (χ3v) is 6.46. The monoisotopic (exact) mass is 432 g/mol. The molecule has 1 unspecified atom stereocenters. The predicted molar refractivity (Wildman–Crippen MR) is 118 cm³/mol. The highest BCUT2D eigenvalue weighted by molar-refractivity contribution is 5.95. The number of piperidine rings is 1. The van der Waals surface area contributed by atoms with Gasteiger partial charge < -0.3 is 9.80 Å². The average molecular weight is 433 g/mol. The van der Waals surface area contributed by atoms with Crippen molar-refractivity contribution in [2.45, 2.75) is 45.1 Å². The van der Waals surface area contributed by atoms with Gasteiger partial charge in [0.15, 0.2) is 5.65 Å². The smallest absolute Gasteiger partial charge is 0.257 e. The van der Waals surface area contributed by atoms with Crippen molar-refractivity contribution in [3.8, 4) is 6.07 Å². The van der Waals surface area contributed by atoms with E-state index in [2.05, 4.69) is 4.90 Å². The number of nitrogens with zero attached hydrogens (tertiary/aromatic N) is 6. The maximum absolute atomic E-state index is 14.5. The van der Waals surface area contributed by atoms with Crippen LogP contribution in [0.4, 0.5) is 10.2 Å². The number of aromatic nitrogens is 3. The highest BCUT2D eigenvalue weighted by atomic mass is 19.1. The maximum atomic E-state index is 14.5. The van der Waals surface area contributed by atoms with Crippen molar-refractivity contribution in [2.75, 3.05) is 24.5 Å². The van der Waals surface area contributed by atoms with Gasteiger partial charge >= 0.3 is 0 Å². The lowest BCUT2D eigenvalue weighted by atomic mass is 9.98. The third kappa shape index (κ3) is 3.58. The van der Waals surface area contributed by atoms with Gasteiger partial charge in [-0.05, 0) is 57.2 Å². The molecule has 4 heterocycles. The van der Waals surface area contributed by atoms with Gasteiger partial charge in [0.2, 0.25) is 0 Å². The van der Waals surface area contributed by atoms with Crippen LogP contribution in [0, 0.1) is 24.1 Å². The maximum Gasteiger partial charge on any atom is 0.257 e. The first-order valence-corrected chi connectivity index (χ1v) is 11.2. The Morgan fingerprint density at radius 3 is 2.69 bits per heavy atom. The summed E-state index contributed by atoms with van der Waals surface area (Å²) >= 11 is 0. The summed E-state index contributed by atoms with van der Waals surface area (Å²) in [6.07, 6.45) is 6.97. The number of carbonyl (C=O) groups excluding carboxylic acids is 1. The van der Waals surface area contributed by atoms with E-state index >= 15 is 0 Å². The van der Waals surface area contributed by atoms with Gasteiger partial charge in [-0.15, -0.1) is 0 Å². The molecular weight excluding hydrogens is 407 g/mol. The molecule has 2 saturated heterocycles. The number of benzene rings is 1. The number of aryl methyl sites for hydroxylation is 1. The lowest BCUT2D eigenvalue weighted by Gasteiger charge is -2.34. The van der Waals surface area contributed by atoms with Gasteiger partial charge in [-0.2, -0.15) is 10.4 Å². The number of amides is 1. The van der Waals surface area contributed by atoms with E-state index in [1.165, 1.54) is 25.0 Å². The van der Waals surface area contributed by atoms with Crippen molar-refractivity contribution >= 4 is 17.4 Å². The molecule has 1 atom stereocenters. The molecule has 0 aliphatic carbocycles. The predicted octanol–water partition coefficient (Wildman–Crippen LogP) is 4.02. The zero-order valence-electron chi connectivity index (χ0n) is 18.1. The SMILES string of the molecule is Cc1cn2nc(C3CCCCN3C(=O)c3ccc(C#N)cc3F)cc2nc1N1CCCC1. The number of rotatable bonds is 3. The van der Waals surface area contributed by atoms with Gasteiger partial charge in [0.25, 0.3) is 5.91 Å². The summed E-state index contributed by atoms with van der Waals surface area (Å²) in [4.78, 5) is 22.1. The van der Waals surface area contributed by atoms with E-state index in [4.69, 9.17) is 15.3 Å². The summed E-state index contributed by atoms with van der Waals surface area (Å²) in [5.74, 6) is -0.0331. The van der Waals surface area contributed by atoms with E-state index in [-0.39, 0.29) is 23.1 Å². The van der Waals surface area contributed by atoms with Crippen LogP contribution >= 0.6 is 0 Å². The molecule has 2 aliphatic rings. The highest BCUT2D eigenvalue weighted by Gasteiger charge is 2.32.